The number of unbranched alkanes of at least 4 members (excludes halogenated alkanes) is 1. The van der Waals surface area contributed by atoms with Gasteiger partial charge in [0.15, 0.2) is 8.32 Å². The van der Waals surface area contributed by atoms with Gasteiger partial charge in [-0.1, -0.05) is 69.3 Å². The van der Waals surface area contributed by atoms with Gasteiger partial charge in [0.1, 0.15) is 12.6 Å². The van der Waals surface area contributed by atoms with Gasteiger partial charge in [0, 0.05) is 25.6 Å². The number of benzene rings is 2. The molecule has 4 rings (SSSR count). The number of hydrogen-bond acceptors (Lipinski definition) is 4. The highest BCUT2D eigenvalue weighted by atomic mass is 28.4. The van der Waals surface area contributed by atoms with Crippen LogP contribution in [0.3, 0.4) is 0 Å². The zero-order valence-corrected chi connectivity index (χ0v) is 24.0. The fourth-order valence-electron chi connectivity index (χ4n) is 5.04. The van der Waals surface area contributed by atoms with E-state index in [4.69, 9.17) is 9.16 Å². The van der Waals surface area contributed by atoms with E-state index in [1.807, 2.05) is 24.3 Å². The molecule has 0 aromatic heterocycles. The van der Waals surface area contributed by atoms with Gasteiger partial charge in [0.25, 0.3) is 0 Å². The Labute approximate surface area is 222 Å². The lowest BCUT2D eigenvalue weighted by Gasteiger charge is -2.36. The second-order valence-corrected chi connectivity index (χ2v) is 16.6. The van der Waals surface area contributed by atoms with E-state index in [1.54, 1.807) is 4.90 Å². The molecule has 6 nitrogen and oxygen atoms in total. The minimum Gasteiger partial charge on any atom is -0.448 e. The molecule has 0 bridgehead atoms. The lowest BCUT2D eigenvalue weighted by molar-refractivity contribution is -0.125. The Kier molecular flexibility index (Phi) is 8.44. The summed E-state index contributed by atoms with van der Waals surface area (Å²) in [7, 11) is -1.73. The molecule has 200 valence electrons. The third kappa shape index (κ3) is 6.09. The highest BCUT2D eigenvalue weighted by Crippen LogP contribution is 2.44. The Bertz CT molecular complexity index is 1070. The third-order valence-corrected chi connectivity index (χ3v) is 12.8. The highest BCUT2D eigenvalue weighted by Gasteiger charge is 2.37. The molecule has 2 aromatic carbocycles. The summed E-state index contributed by atoms with van der Waals surface area (Å²) >= 11 is 0. The molecular weight excluding hydrogens is 480 g/mol. The molecule has 1 aliphatic heterocycles. The van der Waals surface area contributed by atoms with Crippen molar-refractivity contribution in [2.75, 3.05) is 26.3 Å². The third-order valence-electron chi connectivity index (χ3n) is 8.27. The molecule has 1 saturated heterocycles. The van der Waals surface area contributed by atoms with Crippen LogP contribution in [0.15, 0.2) is 48.5 Å². The van der Waals surface area contributed by atoms with Crippen LogP contribution in [-0.4, -0.2) is 57.6 Å². The molecule has 1 fully saturated rings. The number of rotatable bonds is 9. The van der Waals surface area contributed by atoms with Crippen LogP contribution in [0, 0.1) is 0 Å². The molecule has 0 unspecified atom stereocenters. The van der Waals surface area contributed by atoms with E-state index in [0.29, 0.717) is 19.5 Å². The first-order chi connectivity index (χ1) is 17.6. The van der Waals surface area contributed by atoms with E-state index in [2.05, 4.69) is 63.4 Å². The van der Waals surface area contributed by atoms with Gasteiger partial charge < -0.3 is 14.5 Å². The largest absolute Gasteiger partial charge is 0.448 e. The molecule has 1 atom stereocenters. The van der Waals surface area contributed by atoms with Crippen molar-refractivity contribution in [3.63, 3.8) is 0 Å². The zero-order chi connectivity index (χ0) is 26.6. The molecule has 0 radical (unpaired) electrons. The van der Waals surface area contributed by atoms with E-state index in [1.165, 1.54) is 22.3 Å². The molecule has 1 heterocycles. The number of carbonyl (C=O) groups excluding carboxylic acids is 2. The Morgan fingerprint density at radius 3 is 2.24 bits per heavy atom. The number of likely N-dealkylation sites (tertiary alicyclic amines) is 1. The van der Waals surface area contributed by atoms with Crippen LogP contribution in [0.5, 0.6) is 0 Å². The molecule has 1 aliphatic carbocycles. The van der Waals surface area contributed by atoms with Crippen LogP contribution in [0.2, 0.25) is 18.1 Å². The summed E-state index contributed by atoms with van der Waals surface area (Å²) in [5, 5.41) is 3.23. The Morgan fingerprint density at radius 2 is 1.62 bits per heavy atom. The van der Waals surface area contributed by atoms with Crippen LogP contribution in [0.25, 0.3) is 11.1 Å². The summed E-state index contributed by atoms with van der Waals surface area (Å²) in [4.78, 5) is 27.5. The fraction of sp³-hybridized carbons (Fsp3) is 0.533. The van der Waals surface area contributed by atoms with Crippen molar-refractivity contribution >= 4 is 20.3 Å². The van der Waals surface area contributed by atoms with E-state index >= 15 is 0 Å². The number of nitrogens with zero attached hydrogens (tertiary/aromatic N) is 1. The molecule has 0 spiro atoms. The van der Waals surface area contributed by atoms with Gasteiger partial charge in [-0.3, -0.25) is 9.69 Å². The molecule has 2 amide bonds. The summed E-state index contributed by atoms with van der Waals surface area (Å²) in [6.45, 7) is 13.4. The minimum atomic E-state index is -1.73. The first kappa shape index (κ1) is 27.4. The Morgan fingerprint density at radius 1 is 1.00 bits per heavy atom. The highest BCUT2D eigenvalue weighted by molar-refractivity contribution is 6.74. The number of nitrogens with one attached hydrogen (secondary N) is 1. The molecule has 2 aliphatic rings. The van der Waals surface area contributed by atoms with Gasteiger partial charge in [-0.25, -0.2) is 4.79 Å². The van der Waals surface area contributed by atoms with Crippen LogP contribution >= 0.6 is 0 Å². The van der Waals surface area contributed by atoms with Gasteiger partial charge in [0.05, 0.1) is 0 Å². The number of amides is 2. The Balaban J connectivity index is 1.24. The first-order valence-corrected chi connectivity index (χ1v) is 16.5. The van der Waals surface area contributed by atoms with Crippen molar-refractivity contribution in [3.05, 3.63) is 59.7 Å². The average Bonchev–Trinajstić information content (AvgIpc) is 3.47. The predicted molar refractivity (Wildman–Crippen MR) is 150 cm³/mol. The van der Waals surface area contributed by atoms with Crippen LogP contribution in [-0.2, 0) is 14.0 Å². The summed E-state index contributed by atoms with van der Waals surface area (Å²) in [6, 6.07) is 16.1. The van der Waals surface area contributed by atoms with E-state index in [0.717, 1.165) is 25.9 Å². The fourth-order valence-corrected chi connectivity index (χ4v) is 6.12. The maximum atomic E-state index is 13.0. The normalized spacial score (nSPS) is 17.4. The van der Waals surface area contributed by atoms with Crippen molar-refractivity contribution in [1.82, 2.24) is 10.2 Å². The molecular formula is C30H42N2O4Si. The molecule has 0 saturated carbocycles. The van der Waals surface area contributed by atoms with Crippen molar-refractivity contribution in [1.29, 1.82) is 0 Å². The van der Waals surface area contributed by atoms with Crippen molar-refractivity contribution in [3.8, 4) is 11.1 Å². The van der Waals surface area contributed by atoms with Crippen LogP contribution in [0.1, 0.15) is 63.5 Å². The van der Waals surface area contributed by atoms with Gasteiger partial charge in [-0.15, -0.1) is 0 Å². The summed E-state index contributed by atoms with van der Waals surface area (Å²) < 4.78 is 12.0. The van der Waals surface area contributed by atoms with Crippen LogP contribution < -0.4 is 5.32 Å². The van der Waals surface area contributed by atoms with Crippen molar-refractivity contribution in [2.24, 2.45) is 0 Å². The standard InChI is InChI=1S/C30H42N2O4Si/c1-30(2,3)37(4,5)36-20-11-10-18-31-28(33)27-17-12-19-32(27)29(34)35-21-26-24-15-8-6-13-22(24)23-14-7-9-16-25(23)26/h6-9,13-16,26-27H,10-12,17-21H2,1-5H3,(H,31,33)/t27-/m0/s1. The second-order valence-electron chi connectivity index (χ2n) is 11.8. The Hall–Kier alpha value is -2.64. The first-order valence-electron chi connectivity index (χ1n) is 13.6. The van der Waals surface area contributed by atoms with Gasteiger partial charge in [0.2, 0.25) is 5.91 Å². The second kappa shape index (κ2) is 11.4. The van der Waals surface area contributed by atoms with Gasteiger partial charge in [-0.2, -0.15) is 0 Å². The maximum absolute atomic E-state index is 13.0. The van der Waals surface area contributed by atoms with E-state index in [-0.39, 0.29) is 23.5 Å². The lowest BCUT2D eigenvalue weighted by Crippen LogP contribution is -2.46. The zero-order valence-electron chi connectivity index (χ0n) is 23.0. The van der Waals surface area contributed by atoms with Crippen LogP contribution in [0.4, 0.5) is 4.79 Å². The maximum Gasteiger partial charge on any atom is 0.410 e. The van der Waals surface area contributed by atoms with Gasteiger partial charge in [-0.05, 0) is 66.1 Å². The monoisotopic (exact) mass is 522 g/mol. The summed E-state index contributed by atoms with van der Waals surface area (Å²) in [5.41, 5.74) is 4.77. The van der Waals surface area contributed by atoms with Gasteiger partial charge >= 0.3 is 6.09 Å². The lowest BCUT2D eigenvalue weighted by atomic mass is 9.98. The van der Waals surface area contributed by atoms with Crippen molar-refractivity contribution < 1.29 is 18.8 Å². The quantitative estimate of drug-likeness (QED) is 0.309. The SMILES string of the molecule is CC(C)(C)[Si](C)(C)OCCCCNC(=O)[C@@H]1CCCN1C(=O)OCC1c2ccccc2-c2ccccc21. The average molecular weight is 523 g/mol. The summed E-state index contributed by atoms with van der Waals surface area (Å²) in [5.74, 6) is -0.0731. The summed E-state index contributed by atoms with van der Waals surface area (Å²) in [6.07, 6.45) is 2.85. The number of ether oxygens (including phenoxy) is 1. The number of fused-ring (bicyclic) bond motifs is 3. The number of carbonyl (C=O) groups is 2. The minimum absolute atomic E-state index is 0.0137. The predicted octanol–water partition coefficient (Wildman–Crippen LogP) is 6.32. The topological polar surface area (TPSA) is 67.9 Å². The van der Waals surface area contributed by atoms with Crippen molar-refractivity contribution in [2.45, 2.75) is 76.5 Å². The number of hydrogen-bond donors (Lipinski definition) is 1. The molecule has 7 heteroatoms. The molecule has 1 N–H and O–H groups in total. The molecule has 2 aromatic rings. The van der Waals surface area contributed by atoms with E-state index < -0.39 is 20.5 Å². The molecule has 37 heavy (non-hydrogen) atoms. The smallest absolute Gasteiger partial charge is 0.410 e. The van der Waals surface area contributed by atoms with E-state index in [9.17, 15) is 9.59 Å².